The maximum atomic E-state index is 12.5. The molecule has 2 aromatic rings. The van der Waals surface area contributed by atoms with E-state index in [0.29, 0.717) is 24.6 Å². The van der Waals surface area contributed by atoms with Crippen LogP contribution in [0.1, 0.15) is 49.8 Å². The van der Waals surface area contributed by atoms with Gasteiger partial charge in [0.15, 0.2) is 6.61 Å². The van der Waals surface area contributed by atoms with Crippen LogP contribution in [0.2, 0.25) is 0 Å². The molecule has 1 fully saturated rings. The summed E-state index contributed by atoms with van der Waals surface area (Å²) in [5, 5.41) is 3.02. The highest BCUT2D eigenvalue weighted by atomic mass is 16.5. The number of likely N-dealkylation sites (tertiary alicyclic amines) is 1. The summed E-state index contributed by atoms with van der Waals surface area (Å²) in [5.41, 5.74) is 2.22. The van der Waals surface area contributed by atoms with Crippen molar-refractivity contribution < 1.29 is 14.3 Å². The van der Waals surface area contributed by atoms with Gasteiger partial charge in [0.05, 0.1) is 6.04 Å². The maximum absolute atomic E-state index is 12.5. The summed E-state index contributed by atoms with van der Waals surface area (Å²) in [4.78, 5) is 26.3. The van der Waals surface area contributed by atoms with Crippen LogP contribution < -0.4 is 10.1 Å². The van der Waals surface area contributed by atoms with E-state index in [0.717, 1.165) is 18.5 Å². The van der Waals surface area contributed by atoms with Gasteiger partial charge in [0.25, 0.3) is 5.91 Å². The van der Waals surface area contributed by atoms with E-state index >= 15 is 0 Å². The molecule has 0 aliphatic carbocycles. The second-order valence-corrected chi connectivity index (χ2v) is 7.49. The number of carbonyl (C=O) groups is 2. The Bertz CT molecular complexity index is 787. The molecular weight excluding hydrogens is 352 g/mol. The molecule has 1 N–H and O–H groups in total. The number of benzene rings is 2. The van der Waals surface area contributed by atoms with Gasteiger partial charge in [-0.1, -0.05) is 56.3 Å². The van der Waals surface area contributed by atoms with Crippen molar-refractivity contribution in [3.8, 4) is 5.75 Å². The first-order valence-electron chi connectivity index (χ1n) is 9.88. The van der Waals surface area contributed by atoms with Crippen LogP contribution >= 0.6 is 0 Å². The van der Waals surface area contributed by atoms with Gasteiger partial charge in [-0.3, -0.25) is 9.59 Å². The first kappa shape index (κ1) is 19.9. The molecule has 1 atom stereocenters. The van der Waals surface area contributed by atoms with Gasteiger partial charge in [0.1, 0.15) is 5.75 Å². The molecule has 0 bridgehead atoms. The van der Waals surface area contributed by atoms with Gasteiger partial charge in [0, 0.05) is 19.5 Å². The molecule has 1 saturated heterocycles. The molecule has 5 heteroatoms. The molecule has 2 amide bonds. The maximum Gasteiger partial charge on any atom is 0.258 e. The molecule has 1 unspecified atom stereocenters. The third kappa shape index (κ3) is 5.35. The van der Waals surface area contributed by atoms with E-state index in [4.69, 9.17) is 4.74 Å². The normalized spacial score (nSPS) is 15.0. The monoisotopic (exact) mass is 380 g/mol. The Morgan fingerprint density at radius 3 is 2.39 bits per heavy atom. The summed E-state index contributed by atoms with van der Waals surface area (Å²) in [7, 11) is 0. The number of carbonyl (C=O) groups excluding carboxylic acids is 2. The molecule has 148 valence electrons. The van der Waals surface area contributed by atoms with Crippen LogP contribution in [0.3, 0.4) is 0 Å². The van der Waals surface area contributed by atoms with E-state index in [1.165, 1.54) is 5.56 Å². The van der Waals surface area contributed by atoms with Gasteiger partial charge in [-0.2, -0.15) is 0 Å². The van der Waals surface area contributed by atoms with Crippen molar-refractivity contribution in [1.29, 1.82) is 0 Å². The Kier molecular flexibility index (Phi) is 6.69. The number of nitrogens with one attached hydrogen (secondary N) is 1. The summed E-state index contributed by atoms with van der Waals surface area (Å²) in [6.45, 7) is 5.45. The smallest absolute Gasteiger partial charge is 0.258 e. The molecule has 5 nitrogen and oxygen atoms in total. The summed E-state index contributed by atoms with van der Waals surface area (Å²) >= 11 is 0. The fraction of sp³-hybridized carbons (Fsp3) is 0.391. The molecule has 1 heterocycles. The summed E-state index contributed by atoms with van der Waals surface area (Å²) in [6, 6.07) is 17.3. The van der Waals surface area contributed by atoms with Crippen LogP contribution in [0.5, 0.6) is 5.75 Å². The van der Waals surface area contributed by atoms with Crippen molar-refractivity contribution in [2.45, 2.75) is 38.6 Å². The highest BCUT2D eigenvalue weighted by molar-refractivity contribution is 5.79. The zero-order valence-electron chi connectivity index (χ0n) is 16.6. The van der Waals surface area contributed by atoms with Gasteiger partial charge in [-0.25, -0.2) is 0 Å². The molecule has 28 heavy (non-hydrogen) atoms. The van der Waals surface area contributed by atoms with Crippen molar-refractivity contribution in [2.24, 2.45) is 0 Å². The quantitative estimate of drug-likeness (QED) is 0.760. The number of hydrogen-bond donors (Lipinski definition) is 1. The van der Waals surface area contributed by atoms with Crippen molar-refractivity contribution in [3.63, 3.8) is 0 Å². The standard InChI is InChI=1S/C23H28N2O3/c1-17(2)18-10-12-20(13-11-18)28-16-22(26)24-21(19-7-4-3-5-8-19)15-25-14-6-9-23(25)27/h3-5,7-8,10-13,17,21H,6,9,14-16H2,1-2H3,(H,24,26). The SMILES string of the molecule is CC(C)c1ccc(OCC(=O)NC(CN2CCCC2=O)c2ccccc2)cc1. The van der Waals surface area contributed by atoms with E-state index in [1.807, 2.05) is 59.5 Å². The summed E-state index contributed by atoms with van der Waals surface area (Å²) < 4.78 is 5.64. The fourth-order valence-electron chi connectivity index (χ4n) is 3.37. The van der Waals surface area contributed by atoms with E-state index in [9.17, 15) is 9.59 Å². The van der Waals surface area contributed by atoms with Crippen LogP contribution in [0.15, 0.2) is 54.6 Å². The van der Waals surface area contributed by atoms with E-state index in [1.54, 1.807) is 0 Å². The lowest BCUT2D eigenvalue weighted by Crippen LogP contribution is -2.40. The Morgan fingerprint density at radius 1 is 1.07 bits per heavy atom. The highest BCUT2D eigenvalue weighted by Gasteiger charge is 2.25. The minimum absolute atomic E-state index is 0.0572. The molecule has 3 rings (SSSR count). The lowest BCUT2D eigenvalue weighted by Gasteiger charge is -2.25. The van der Waals surface area contributed by atoms with Crippen molar-refractivity contribution in [2.75, 3.05) is 19.7 Å². The Labute approximate surface area is 166 Å². The molecule has 0 saturated carbocycles. The van der Waals surface area contributed by atoms with Crippen LogP contribution in [-0.2, 0) is 9.59 Å². The first-order valence-corrected chi connectivity index (χ1v) is 9.88. The zero-order valence-corrected chi connectivity index (χ0v) is 16.6. The second kappa shape index (κ2) is 9.40. The Morgan fingerprint density at radius 2 is 1.79 bits per heavy atom. The summed E-state index contributed by atoms with van der Waals surface area (Å²) in [5.74, 6) is 1.08. The van der Waals surface area contributed by atoms with Gasteiger partial charge in [-0.05, 0) is 35.6 Å². The number of rotatable bonds is 8. The van der Waals surface area contributed by atoms with E-state index in [-0.39, 0.29) is 24.5 Å². The van der Waals surface area contributed by atoms with Gasteiger partial charge in [0.2, 0.25) is 5.91 Å². The minimum Gasteiger partial charge on any atom is -0.484 e. The van der Waals surface area contributed by atoms with Gasteiger partial charge < -0.3 is 15.0 Å². The molecule has 1 aliphatic rings. The average Bonchev–Trinajstić information content (AvgIpc) is 3.11. The van der Waals surface area contributed by atoms with E-state index < -0.39 is 0 Å². The fourth-order valence-corrected chi connectivity index (χ4v) is 3.37. The molecule has 0 aromatic heterocycles. The van der Waals surface area contributed by atoms with Crippen LogP contribution in [0.4, 0.5) is 0 Å². The van der Waals surface area contributed by atoms with Crippen molar-refractivity contribution in [3.05, 3.63) is 65.7 Å². The predicted octanol–water partition coefficient (Wildman–Crippen LogP) is 3.67. The number of hydrogen-bond acceptors (Lipinski definition) is 3. The van der Waals surface area contributed by atoms with Crippen molar-refractivity contribution in [1.82, 2.24) is 10.2 Å². The summed E-state index contributed by atoms with van der Waals surface area (Å²) in [6.07, 6.45) is 1.47. The lowest BCUT2D eigenvalue weighted by molar-refractivity contribution is -0.129. The third-order valence-corrected chi connectivity index (χ3v) is 5.03. The molecular formula is C23H28N2O3. The second-order valence-electron chi connectivity index (χ2n) is 7.49. The molecule has 2 aromatic carbocycles. The predicted molar refractivity (Wildman–Crippen MR) is 109 cm³/mol. The van der Waals surface area contributed by atoms with Gasteiger partial charge in [-0.15, -0.1) is 0 Å². The van der Waals surface area contributed by atoms with Crippen molar-refractivity contribution >= 4 is 11.8 Å². The largest absolute Gasteiger partial charge is 0.484 e. The topological polar surface area (TPSA) is 58.6 Å². The van der Waals surface area contributed by atoms with Crippen LogP contribution in [0.25, 0.3) is 0 Å². The first-order chi connectivity index (χ1) is 13.5. The number of nitrogens with zero attached hydrogens (tertiary/aromatic N) is 1. The zero-order chi connectivity index (χ0) is 19.9. The minimum atomic E-state index is -0.248. The molecule has 0 spiro atoms. The third-order valence-electron chi connectivity index (χ3n) is 5.03. The average molecular weight is 380 g/mol. The van der Waals surface area contributed by atoms with Crippen LogP contribution in [-0.4, -0.2) is 36.4 Å². The van der Waals surface area contributed by atoms with Gasteiger partial charge >= 0.3 is 0 Å². The number of amides is 2. The Balaban J connectivity index is 1.59. The molecule has 0 radical (unpaired) electrons. The van der Waals surface area contributed by atoms with Crippen LogP contribution in [0, 0.1) is 0 Å². The van der Waals surface area contributed by atoms with E-state index in [2.05, 4.69) is 19.2 Å². The lowest BCUT2D eigenvalue weighted by atomic mass is 10.0. The Hall–Kier alpha value is -2.82. The number of ether oxygens (including phenoxy) is 1. The molecule has 1 aliphatic heterocycles. The highest BCUT2D eigenvalue weighted by Crippen LogP contribution is 2.20.